The number of aryl methyl sites for hydroxylation is 3. The van der Waals surface area contributed by atoms with E-state index in [4.69, 9.17) is 9.15 Å². The van der Waals surface area contributed by atoms with Gasteiger partial charge in [0.15, 0.2) is 0 Å². The van der Waals surface area contributed by atoms with Crippen molar-refractivity contribution in [3.63, 3.8) is 0 Å². The number of hydrogen-bond acceptors (Lipinski definition) is 5. The number of rotatable bonds is 6. The monoisotopic (exact) mass is 409 g/mol. The van der Waals surface area contributed by atoms with Gasteiger partial charge in [-0.05, 0) is 73.9 Å². The molecule has 3 aromatic carbocycles. The quantitative estimate of drug-likeness (QED) is 0.391. The first kappa shape index (κ1) is 20.2. The standard InChI is InChI=1S/C26H23N3O2/c1-17-4-9-21(10-5-17)25-29-24(15-27)26(31-25)28-16-20-7-12-22(13-8-20)30-23-11-6-18(2)19(3)14-23/h4-14,28H,16H2,1-3H3. The van der Waals surface area contributed by atoms with Crippen LogP contribution >= 0.6 is 0 Å². The third-order valence-corrected chi connectivity index (χ3v) is 5.12. The van der Waals surface area contributed by atoms with Gasteiger partial charge >= 0.3 is 0 Å². The maximum absolute atomic E-state index is 9.40. The van der Waals surface area contributed by atoms with Crippen LogP contribution in [0.15, 0.2) is 71.1 Å². The maximum atomic E-state index is 9.40. The second-order valence-electron chi connectivity index (χ2n) is 7.52. The van der Waals surface area contributed by atoms with E-state index in [0.29, 0.717) is 18.3 Å². The molecule has 1 heterocycles. The van der Waals surface area contributed by atoms with E-state index in [1.54, 1.807) is 0 Å². The van der Waals surface area contributed by atoms with E-state index in [1.165, 1.54) is 11.1 Å². The van der Waals surface area contributed by atoms with Gasteiger partial charge in [-0.25, -0.2) is 0 Å². The van der Waals surface area contributed by atoms with Crippen LogP contribution in [0.1, 0.15) is 27.9 Å². The van der Waals surface area contributed by atoms with Crippen LogP contribution in [0.3, 0.4) is 0 Å². The summed E-state index contributed by atoms with van der Waals surface area (Å²) in [6, 6.07) is 23.8. The number of ether oxygens (including phenoxy) is 1. The van der Waals surface area contributed by atoms with Crippen LogP contribution in [0.25, 0.3) is 11.5 Å². The molecule has 0 unspecified atom stereocenters. The molecular weight excluding hydrogens is 386 g/mol. The zero-order valence-corrected chi connectivity index (χ0v) is 17.8. The van der Waals surface area contributed by atoms with Crippen molar-refractivity contribution in [2.75, 3.05) is 5.32 Å². The summed E-state index contributed by atoms with van der Waals surface area (Å²) < 4.78 is 11.7. The Labute approximate surface area is 181 Å². The molecule has 0 bridgehead atoms. The van der Waals surface area contributed by atoms with E-state index in [2.05, 4.69) is 36.3 Å². The number of nitrogens with zero attached hydrogens (tertiary/aromatic N) is 2. The van der Waals surface area contributed by atoms with Crippen LogP contribution in [0.4, 0.5) is 5.88 Å². The normalized spacial score (nSPS) is 10.5. The molecule has 0 atom stereocenters. The fraction of sp³-hybridized carbons (Fsp3) is 0.154. The van der Waals surface area contributed by atoms with Crippen LogP contribution in [0, 0.1) is 32.1 Å². The summed E-state index contributed by atoms with van der Waals surface area (Å²) in [5.74, 6) is 2.38. The number of nitrogens with one attached hydrogen (secondary N) is 1. The number of benzene rings is 3. The minimum atomic E-state index is 0.241. The lowest BCUT2D eigenvalue weighted by Gasteiger charge is -2.09. The highest BCUT2D eigenvalue weighted by molar-refractivity contribution is 5.59. The lowest BCUT2D eigenvalue weighted by molar-refractivity contribution is 0.482. The van der Waals surface area contributed by atoms with Crippen molar-refractivity contribution >= 4 is 5.88 Å². The summed E-state index contributed by atoms with van der Waals surface area (Å²) >= 11 is 0. The molecular formula is C26H23N3O2. The molecule has 0 saturated carbocycles. The molecule has 0 fully saturated rings. The van der Waals surface area contributed by atoms with Gasteiger partial charge in [0.05, 0.1) is 0 Å². The van der Waals surface area contributed by atoms with Gasteiger partial charge in [0.1, 0.15) is 17.6 Å². The molecule has 0 aliphatic heterocycles. The van der Waals surface area contributed by atoms with Crippen LogP contribution in [0.2, 0.25) is 0 Å². The first-order chi connectivity index (χ1) is 15.0. The molecule has 154 valence electrons. The van der Waals surface area contributed by atoms with Crippen LogP contribution in [-0.4, -0.2) is 4.98 Å². The molecule has 0 amide bonds. The van der Waals surface area contributed by atoms with Gasteiger partial charge in [-0.1, -0.05) is 35.9 Å². The molecule has 5 heteroatoms. The zero-order chi connectivity index (χ0) is 21.8. The third-order valence-electron chi connectivity index (χ3n) is 5.12. The number of oxazole rings is 1. The highest BCUT2D eigenvalue weighted by Gasteiger charge is 2.14. The largest absolute Gasteiger partial charge is 0.457 e. The minimum absolute atomic E-state index is 0.241. The number of hydrogen-bond donors (Lipinski definition) is 1. The third kappa shape index (κ3) is 4.76. The summed E-state index contributed by atoms with van der Waals surface area (Å²) in [5, 5.41) is 12.6. The Balaban J connectivity index is 1.42. The summed E-state index contributed by atoms with van der Waals surface area (Å²) in [6.07, 6.45) is 0. The lowest BCUT2D eigenvalue weighted by atomic mass is 10.1. The Morgan fingerprint density at radius 3 is 2.29 bits per heavy atom. The van der Waals surface area contributed by atoms with Gasteiger partial charge in [-0.15, -0.1) is 0 Å². The number of anilines is 1. The predicted molar refractivity (Wildman–Crippen MR) is 121 cm³/mol. The van der Waals surface area contributed by atoms with Crippen molar-refractivity contribution in [3.8, 4) is 29.0 Å². The first-order valence-electron chi connectivity index (χ1n) is 10.1. The molecule has 0 aliphatic carbocycles. The topological polar surface area (TPSA) is 71.1 Å². The van der Waals surface area contributed by atoms with Crippen LogP contribution < -0.4 is 10.1 Å². The van der Waals surface area contributed by atoms with E-state index < -0.39 is 0 Å². The van der Waals surface area contributed by atoms with Gasteiger partial charge < -0.3 is 14.5 Å². The van der Waals surface area contributed by atoms with E-state index in [1.807, 2.05) is 67.6 Å². The fourth-order valence-electron chi connectivity index (χ4n) is 3.11. The van der Waals surface area contributed by atoms with Crippen molar-refractivity contribution in [2.45, 2.75) is 27.3 Å². The highest BCUT2D eigenvalue weighted by Crippen LogP contribution is 2.27. The van der Waals surface area contributed by atoms with E-state index in [9.17, 15) is 5.26 Å². The average Bonchev–Trinajstić information content (AvgIpc) is 3.19. The van der Waals surface area contributed by atoms with E-state index in [0.717, 1.165) is 28.2 Å². The maximum Gasteiger partial charge on any atom is 0.232 e. The Bertz CT molecular complexity index is 1230. The van der Waals surface area contributed by atoms with Crippen LogP contribution in [0.5, 0.6) is 11.5 Å². The molecule has 0 spiro atoms. The molecule has 1 aromatic heterocycles. The van der Waals surface area contributed by atoms with Gasteiger partial charge in [-0.2, -0.15) is 10.2 Å². The summed E-state index contributed by atoms with van der Waals surface area (Å²) in [5.41, 5.74) is 5.70. The summed E-state index contributed by atoms with van der Waals surface area (Å²) in [7, 11) is 0. The first-order valence-corrected chi connectivity index (χ1v) is 10.1. The number of nitriles is 1. The van der Waals surface area contributed by atoms with Crippen LogP contribution in [-0.2, 0) is 6.54 Å². The zero-order valence-electron chi connectivity index (χ0n) is 17.8. The number of aromatic nitrogens is 1. The second-order valence-corrected chi connectivity index (χ2v) is 7.52. The second kappa shape index (κ2) is 8.76. The van der Waals surface area contributed by atoms with Gasteiger partial charge in [0, 0.05) is 12.1 Å². The smallest absolute Gasteiger partial charge is 0.232 e. The molecule has 5 nitrogen and oxygen atoms in total. The van der Waals surface area contributed by atoms with Crippen molar-refractivity contribution < 1.29 is 9.15 Å². The predicted octanol–water partition coefficient (Wildman–Crippen LogP) is 6.54. The minimum Gasteiger partial charge on any atom is -0.457 e. The van der Waals surface area contributed by atoms with Gasteiger partial charge in [0.25, 0.3) is 0 Å². The molecule has 4 aromatic rings. The van der Waals surface area contributed by atoms with Crippen molar-refractivity contribution in [2.24, 2.45) is 0 Å². The molecule has 0 saturated heterocycles. The molecule has 0 aliphatic rings. The molecule has 0 radical (unpaired) electrons. The Morgan fingerprint density at radius 2 is 1.61 bits per heavy atom. The van der Waals surface area contributed by atoms with Crippen molar-refractivity contribution in [1.82, 2.24) is 4.98 Å². The summed E-state index contributed by atoms with van der Waals surface area (Å²) in [4.78, 5) is 4.30. The average molecular weight is 409 g/mol. The van der Waals surface area contributed by atoms with Crippen molar-refractivity contribution in [3.05, 3.63) is 94.7 Å². The lowest BCUT2D eigenvalue weighted by Crippen LogP contribution is -1.99. The Hall–Kier alpha value is -4.04. The SMILES string of the molecule is Cc1ccc(-c2nc(C#N)c(NCc3ccc(Oc4ccc(C)c(C)c4)cc3)o2)cc1. The molecule has 4 rings (SSSR count). The van der Waals surface area contributed by atoms with Gasteiger partial charge in [-0.3, -0.25) is 0 Å². The highest BCUT2D eigenvalue weighted by atomic mass is 16.5. The van der Waals surface area contributed by atoms with E-state index in [-0.39, 0.29) is 5.69 Å². The fourth-order valence-corrected chi connectivity index (χ4v) is 3.11. The molecule has 1 N–H and O–H groups in total. The van der Waals surface area contributed by atoms with Crippen molar-refractivity contribution in [1.29, 1.82) is 5.26 Å². The van der Waals surface area contributed by atoms with E-state index >= 15 is 0 Å². The summed E-state index contributed by atoms with van der Waals surface area (Å²) in [6.45, 7) is 6.67. The Kier molecular flexibility index (Phi) is 5.72. The molecule has 31 heavy (non-hydrogen) atoms. The Morgan fingerprint density at radius 1 is 0.903 bits per heavy atom. The van der Waals surface area contributed by atoms with Gasteiger partial charge in [0.2, 0.25) is 17.5 Å².